The molecule has 0 heterocycles. The molecule has 0 fully saturated rings. The van der Waals surface area contributed by atoms with Crippen LogP contribution >= 0.6 is 0 Å². The quantitative estimate of drug-likeness (QED) is 0.0973. The molecular formula is C18H30N4O9. The Bertz CT molecular complexity index is 670. The van der Waals surface area contributed by atoms with Crippen LogP contribution in [-0.2, 0) is 28.8 Å². The lowest BCUT2D eigenvalue weighted by molar-refractivity contribution is -0.167. The van der Waals surface area contributed by atoms with Crippen molar-refractivity contribution in [3.8, 4) is 0 Å². The van der Waals surface area contributed by atoms with E-state index < -0.39 is 60.2 Å². The minimum Gasteiger partial charge on any atom is -0.481 e. The largest absolute Gasteiger partial charge is 0.481 e. The third kappa shape index (κ3) is 11.6. The molecule has 31 heavy (non-hydrogen) atoms. The molecule has 3 atom stereocenters. The predicted molar refractivity (Wildman–Crippen MR) is 106 cm³/mol. The lowest BCUT2D eigenvalue weighted by atomic mass is 9.95. The summed E-state index contributed by atoms with van der Waals surface area (Å²) in [6.07, 6.45) is -0.0547. The predicted octanol–water partition coefficient (Wildman–Crippen LogP) is -2.51. The van der Waals surface area contributed by atoms with Crippen LogP contribution in [0.3, 0.4) is 0 Å². The van der Waals surface area contributed by atoms with Crippen LogP contribution in [0.5, 0.6) is 0 Å². The molecule has 0 saturated heterocycles. The molecule has 176 valence electrons. The Kier molecular flexibility index (Phi) is 12.6. The second-order valence-electron chi connectivity index (χ2n) is 6.97. The van der Waals surface area contributed by atoms with Gasteiger partial charge in [-0.05, 0) is 25.7 Å². The summed E-state index contributed by atoms with van der Waals surface area (Å²) >= 11 is 0. The van der Waals surface area contributed by atoms with Crippen molar-refractivity contribution in [3.05, 3.63) is 0 Å². The number of amides is 3. The monoisotopic (exact) mass is 446 g/mol. The summed E-state index contributed by atoms with van der Waals surface area (Å²) in [6, 6.07) is -1.52. The highest BCUT2D eigenvalue weighted by Crippen LogP contribution is 2.16. The number of carboxylic acids is 2. The lowest BCUT2D eigenvalue weighted by Crippen LogP contribution is -2.46. The zero-order valence-corrected chi connectivity index (χ0v) is 17.3. The van der Waals surface area contributed by atoms with Crippen molar-refractivity contribution in [2.24, 2.45) is 5.73 Å². The van der Waals surface area contributed by atoms with Gasteiger partial charge >= 0.3 is 11.9 Å². The van der Waals surface area contributed by atoms with Gasteiger partial charge in [0.25, 0.3) is 0 Å². The Morgan fingerprint density at radius 1 is 1.03 bits per heavy atom. The van der Waals surface area contributed by atoms with E-state index in [1.807, 2.05) is 0 Å². The number of carbonyl (C=O) groups excluding carboxylic acids is 4. The van der Waals surface area contributed by atoms with Gasteiger partial charge in [0.1, 0.15) is 6.29 Å². The van der Waals surface area contributed by atoms with Gasteiger partial charge in [-0.15, -0.1) is 0 Å². The van der Waals surface area contributed by atoms with Gasteiger partial charge in [-0.25, -0.2) is 4.79 Å². The first kappa shape index (κ1) is 27.9. The number of carboxylic acid groups (broad SMARTS) is 2. The molecule has 0 rings (SSSR count). The van der Waals surface area contributed by atoms with E-state index in [1.54, 1.807) is 6.92 Å². The lowest BCUT2D eigenvalue weighted by Gasteiger charge is -2.20. The van der Waals surface area contributed by atoms with E-state index >= 15 is 0 Å². The standard InChI is InChI=1S/C18H30N4O9/c1-2-12(19)16(28)21-9-14(25)22-11(10-23)5-3-4-6-20-13(24)7-18(31,17(29)30)8-15(26)27/h10-12,31H,2-9,19H2,1H3,(H,20,24)(H,21,28)(H,22,25)(H,26,27)(H,29,30). The second kappa shape index (κ2) is 14.0. The van der Waals surface area contributed by atoms with Crippen molar-refractivity contribution >= 4 is 35.9 Å². The fourth-order valence-electron chi connectivity index (χ4n) is 2.43. The molecule has 0 bridgehead atoms. The normalized spacial score (nSPS) is 14.4. The highest BCUT2D eigenvalue weighted by atomic mass is 16.4. The van der Waals surface area contributed by atoms with Crippen LogP contribution in [0.1, 0.15) is 45.4 Å². The molecule has 0 aliphatic carbocycles. The average molecular weight is 446 g/mol. The minimum absolute atomic E-state index is 0.0894. The van der Waals surface area contributed by atoms with Crippen molar-refractivity contribution in [1.29, 1.82) is 0 Å². The molecule has 8 N–H and O–H groups in total. The van der Waals surface area contributed by atoms with Gasteiger partial charge in [0.2, 0.25) is 17.7 Å². The highest BCUT2D eigenvalue weighted by Gasteiger charge is 2.40. The van der Waals surface area contributed by atoms with E-state index in [0.717, 1.165) is 0 Å². The van der Waals surface area contributed by atoms with Gasteiger partial charge in [-0.2, -0.15) is 0 Å². The Morgan fingerprint density at radius 2 is 1.68 bits per heavy atom. The first-order valence-electron chi connectivity index (χ1n) is 9.67. The molecule has 0 aromatic carbocycles. The molecule has 0 radical (unpaired) electrons. The van der Waals surface area contributed by atoms with Crippen LogP contribution in [0.4, 0.5) is 0 Å². The first-order valence-corrected chi connectivity index (χ1v) is 9.67. The van der Waals surface area contributed by atoms with Crippen LogP contribution in [-0.4, -0.2) is 82.0 Å². The van der Waals surface area contributed by atoms with E-state index in [4.69, 9.17) is 15.9 Å². The van der Waals surface area contributed by atoms with Crippen LogP contribution in [0.15, 0.2) is 0 Å². The van der Waals surface area contributed by atoms with Crippen molar-refractivity contribution in [2.45, 2.75) is 63.1 Å². The molecule has 0 aromatic heterocycles. The minimum atomic E-state index is -2.71. The van der Waals surface area contributed by atoms with Gasteiger partial charge in [0, 0.05) is 6.54 Å². The van der Waals surface area contributed by atoms with Gasteiger partial charge in [0.05, 0.1) is 31.5 Å². The third-order valence-corrected chi connectivity index (χ3v) is 4.27. The highest BCUT2D eigenvalue weighted by molar-refractivity contribution is 5.90. The number of rotatable bonds is 16. The molecule has 0 aliphatic rings. The zero-order valence-electron chi connectivity index (χ0n) is 17.3. The van der Waals surface area contributed by atoms with Gasteiger partial charge in [-0.1, -0.05) is 6.92 Å². The maximum absolute atomic E-state index is 11.8. The Hall–Kier alpha value is -3.06. The zero-order chi connectivity index (χ0) is 24.0. The van der Waals surface area contributed by atoms with Crippen molar-refractivity contribution < 1.29 is 44.1 Å². The first-order chi connectivity index (χ1) is 14.4. The Labute approximate surface area is 178 Å². The van der Waals surface area contributed by atoms with E-state index in [2.05, 4.69) is 16.0 Å². The van der Waals surface area contributed by atoms with Crippen molar-refractivity contribution in [1.82, 2.24) is 16.0 Å². The number of nitrogens with one attached hydrogen (secondary N) is 3. The Morgan fingerprint density at radius 3 is 2.19 bits per heavy atom. The van der Waals surface area contributed by atoms with Crippen molar-refractivity contribution in [2.75, 3.05) is 13.1 Å². The number of hydrogen-bond acceptors (Lipinski definition) is 8. The fourth-order valence-corrected chi connectivity index (χ4v) is 2.43. The molecule has 0 spiro atoms. The molecule has 3 unspecified atom stereocenters. The summed E-state index contributed by atoms with van der Waals surface area (Å²) in [5.74, 6) is -5.26. The van der Waals surface area contributed by atoms with E-state index in [9.17, 15) is 33.9 Å². The van der Waals surface area contributed by atoms with Gasteiger partial charge in [0.15, 0.2) is 5.60 Å². The van der Waals surface area contributed by atoms with Gasteiger partial charge < -0.3 is 41.8 Å². The summed E-state index contributed by atoms with van der Waals surface area (Å²) in [7, 11) is 0. The summed E-state index contributed by atoms with van der Waals surface area (Å²) in [5.41, 5.74) is 2.81. The number of aldehydes is 1. The molecule has 13 heteroatoms. The Balaban J connectivity index is 4.23. The van der Waals surface area contributed by atoms with E-state index in [-0.39, 0.29) is 19.5 Å². The number of hydrogen-bond donors (Lipinski definition) is 7. The number of nitrogens with two attached hydrogens (primary N) is 1. The molecule has 0 aromatic rings. The van der Waals surface area contributed by atoms with E-state index in [0.29, 0.717) is 25.5 Å². The molecule has 0 saturated carbocycles. The van der Waals surface area contributed by atoms with Crippen LogP contribution in [0.2, 0.25) is 0 Å². The molecular weight excluding hydrogens is 416 g/mol. The van der Waals surface area contributed by atoms with Crippen LogP contribution in [0, 0.1) is 0 Å². The number of unbranched alkanes of at least 4 members (excludes halogenated alkanes) is 1. The summed E-state index contributed by atoms with van der Waals surface area (Å²) < 4.78 is 0. The van der Waals surface area contributed by atoms with Gasteiger partial charge in [-0.3, -0.25) is 19.2 Å². The second-order valence-corrected chi connectivity index (χ2v) is 6.97. The summed E-state index contributed by atoms with van der Waals surface area (Å²) in [5, 5.41) is 34.5. The van der Waals surface area contributed by atoms with E-state index in [1.165, 1.54) is 0 Å². The molecule has 13 nitrogen and oxygen atoms in total. The van der Waals surface area contributed by atoms with Crippen LogP contribution in [0.25, 0.3) is 0 Å². The average Bonchev–Trinajstić information content (AvgIpc) is 2.69. The smallest absolute Gasteiger partial charge is 0.336 e. The summed E-state index contributed by atoms with van der Waals surface area (Å²) in [4.78, 5) is 67.8. The fraction of sp³-hybridized carbons (Fsp3) is 0.667. The number of carbonyl (C=O) groups is 6. The molecule has 3 amide bonds. The number of aliphatic carboxylic acids is 2. The SMILES string of the molecule is CCC(N)C(=O)NCC(=O)NC(C=O)CCCCNC(=O)CC(O)(CC(=O)O)C(=O)O. The van der Waals surface area contributed by atoms with Crippen molar-refractivity contribution in [3.63, 3.8) is 0 Å². The molecule has 0 aliphatic heterocycles. The van der Waals surface area contributed by atoms with Crippen LogP contribution < -0.4 is 21.7 Å². The maximum atomic E-state index is 11.8. The third-order valence-electron chi connectivity index (χ3n) is 4.27. The topological polar surface area (TPSA) is 225 Å². The number of aliphatic hydroxyl groups is 1. The maximum Gasteiger partial charge on any atom is 0.336 e. The summed E-state index contributed by atoms with van der Waals surface area (Å²) in [6.45, 7) is 1.49.